The fourth-order valence-corrected chi connectivity index (χ4v) is 7.12. The molecule has 4 rings (SSSR count). The fourth-order valence-electron chi connectivity index (χ4n) is 4.50. The third-order valence-electron chi connectivity index (χ3n) is 6.32. The van der Waals surface area contributed by atoms with E-state index in [4.69, 9.17) is 0 Å². The molecule has 6 nitrogen and oxygen atoms in total. The molecule has 8 heteroatoms. The zero-order chi connectivity index (χ0) is 21.7. The van der Waals surface area contributed by atoms with Gasteiger partial charge in [-0.3, -0.25) is 9.69 Å². The number of piperidine rings is 1. The van der Waals surface area contributed by atoms with Gasteiger partial charge in [-0.05, 0) is 54.2 Å². The van der Waals surface area contributed by atoms with E-state index in [-0.39, 0.29) is 11.8 Å². The molecule has 1 aromatic heterocycles. The molecule has 0 atom stereocenters. The third-order valence-corrected chi connectivity index (χ3v) is 9.59. The van der Waals surface area contributed by atoms with E-state index in [9.17, 15) is 13.2 Å². The summed E-state index contributed by atoms with van der Waals surface area (Å²) in [6.07, 6.45) is 4.02. The number of amides is 1. The van der Waals surface area contributed by atoms with Gasteiger partial charge in [-0.25, -0.2) is 8.42 Å². The number of thiophene rings is 1. The van der Waals surface area contributed by atoms with E-state index < -0.39 is 10.0 Å². The second kappa shape index (κ2) is 10.3. The van der Waals surface area contributed by atoms with Gasteiger partial charge in [0.25, 0.3) is 10.0 Å². The van der Waals surface area contributed by atoms with E-state index >= 15 is 0 Å². The largest absolute Gasteiger partial charge is 0.356 e. The minimum atomic E-state index is -3.37. The van der Waals surface area contributed by atoms with Crippen molar-refractivity contribution >= 4 is 27.3 Å². The van der Waals surface area contributed by atoms with E-state index in [1.54, 1.807) is 21.8 Å². The van der Waals surface area contributed by atoms with Gasteiger partial charge < -0.3 is 5.32 Å². The summed E-state index contributed by atoms with van der Waals surface area (Å²) in [6, 6.07) is 12.1. The minimum absolute atomic E-state index is 0.0866. The molecule has 1 saturated heterocycles. The summed E-state index contributed by atoms with van der Waals surface area (Å²) in [4.78, 5) is 14.8. The number of benzene rings is 1. The molecule has 0 saturated carbocycles. The molecule has 168 valence electrons. The van der Waals surface area contributed by atoms with Crippen LogP contribution in [-0.2, 0) is 27.8 Å². The van der Waals surface area contributed by atoms with Gasteiger partial charge in [0, 0.05) is 45.7 Å². The van der Waals surface area contributed by atoms with Gasteiger partial charge in [0.15, 0.2) is 0 Å². The van der Waals surface area contributed by atoms with Crippen molar-refractivity contribution in [3.05, 3.63) is 52.9 Å². The summed E-state index contributed by atoms with van der Waals surface area (Å²) in [5.74, 6) is 0.344. The molecule has 0 aliphatic carbocycles. The van der Waals surface area contributed by atoms with Crippen molar-refractivity contribution in [1.82, 2.24) is 14.5 Å². The second-order valence-corrected chi connectivity index (χ2v) is 11.6. The predicted octanol–water partition coefficient (Wildman–Crippen LogP) is 3.10. The van der Waals surface area contributed by atoms with Crippen LogP contribution < -0.4 is 5.32 Å². The van der Waals surface area contributed by atoms with Crippen LogP contribution in [-0.4, -0.2) is 56.3 Å². The third kappa shape index (κ3) is 5.74. The Morgan fingerprint density at radius 3 is 2.58 bits per heavy atom. The standard InChI is InChI=1S/C23H31N3O3S2/c27-22(24-11-4-12-25-13-10-20-5-1-2-6-21(20)18-25)17-19-8-14-26(15-9-19)31(28,29)23-7-3-16-30-23/h1-3,5-7,16,19H,4,8-15,17-18H2,(H,24,27). The molecule has 1 N–H and O–H groups in total. The fraction of sp³-hybridized carbons (Fsp3) is 0.522. The van der Waals surface area contributed by atoms with Crippen molar-refractivity contribution in [2.45, 2.75) is 42.9 Å². The van der Waals surface area contributed by atoms with E-state index in [1.165, 1.54) is 22.5 Å². The Kier molecular flexibility index (Phi) is 7.43. The van der Waals surface area contributed by atoms with Gasteiger partial charge in [0.2, 0.25) is 5.91 Å². The maximum Gasteiger partial charge on any atom is 0.252 e. The van der Waals surface area contributed by atoms with E-state index in [0.717, 1.165) is 45.3 Å². The number of hydrogen-bond donors (Lipinski definition) is 1. The monoisotopic (exact) mass is 461 g/mol. The van der Waals surface area contributed by atoms with Crippen LogP contribution in [0.1, 0.15) is 36.8 Å². The first kappa shape index (κ1) is 22.5. The van der Waals surface area contributed by atoms with Crippen LogP contribution in [0.2, 0.25) is 0 Å². The Labute approximate surface area is 189 Å². The minimum Gasteiger partial charge on any atom is -0.356 e. The number of nitrogens with one attached hydrogen (secondary N) is 1. The first-order valence-corrected chi connectivity index (χ1v) is 13.4. The van der Waals surface area contributed by atoms with E-state index in [1.807, 2.05) is 0 Å². The zero-order valence-corrected chi connectivity index (χ0v) is 19.5. The summed E-state index contributed by atoms with van der Waals surface area (Å²) in [5.41, 5.74) is 2.88. The van der Waals surface area contributed by atoms with Crippen LogP contribution in [0.3, 0.4) is 0 Å². The van der Waals surface area contributed by atoms with E-state index in [0.29, 0.717) is 30.3 Å². The van der Waals surface area contributed by atoms with E-state index in [2.05, 4.69) is 34.5 Å². The lowest BCUT2D eigenvalue weighted by atomic mass is 9.94. The van der Waals surface area contributed by atoms with Gasteiger partial charge in [0.1, 0.15) is 4.21 Å². The molecule has 2 aliphatic rings. The molecule has 1 fully saturated rings. The van der Waals surface area contributed by atoms with Crippen LogP contribution in [0.15, 0.2) is 46.0 Å². The Morgan fingerprint density at radius 2 is 1.84 bits per heavy atom. The molecule has 0 bridgehead atoms. The zero-order valence-electron chi connectivity index (χ0n) is 17.8. The maximum absolute atomic E-state index is 12.6. The molecule has 0 unspecified atom stereocenters. The lowest BCUT2D eigenvalue weighted by Gasteiger charge is -2.30. The Bertz CT molecular complexity index is 968. The number of hydrogen-bond acceptors (Lipinski definition) is 5. The highest BCUT2D eigenvalue weighted by Crippen LogP contribution is 2.27. The molecule has 2 aliphatic heterocycles. The summed E-state index contributed by atoms with van der Waals surface area (Å²) < 4.78 is 27.2. The molecule has 31 heavy (non-hydrogen) atoms. The Balaban J connectivity index is 1.12. The first-order chi connectivity index (χ1) is 15.0. The summed E-state index contributed by atoms with van der Waals surface area (Å²) >= 11 is 1.26. The van der Waals surface area contributed by atoms with Crippen molar-refractivity contribution in [2.75, 3.05) is 32.7 Å². The van der Waals surface area contributed by atoms with Crippen molar-refractivity contribution in [3.63, 3.8) is 0 Å². The highest BCUT2D eigenvalue weighted by Gasteiger charge is 2.30. The average Bonchev–Trinajstić information content (AvgIpc) is 3.33. The topological polar surface area (TPSA) is 69.7 Å². The van der Waals surface area contributed by atoms with Crippen LogP contribution in [0, 0.1) is 5.92 Å². The van der Waals surface area contributed by atoms with Crippen LogP contribution in [0.5, 0.6) is 0 Å². The van der Waals surface area contributed by atoms with Gasteiger partial charge in [0.05, 0.1) is 0 Å². The van der Waals surface area contributed by atoms with Crippen molar-refractivity contribution in [2.24, 2.45) is 5.92 Å². The van der Waals surface area contributed by atoms with Crippen LogP contribution in [0.25, 0.3) is 0 Å². The lowest BCUT2D eigenvalue weighted by Crippen LogP contribution is -2.39. The highest BCUT2D eigenvalue weighted by molar-refractivity contribution is 7.91. The van der Waals surface area contributed by atoms with Crippen molar-refractivity contribution in [1.29, 1.82) is 0 Å². The van der Waals surface area contributed by atoms with Gasteiger partial charge in [-0.1, -0.05) is 30.3 Å². The smallest absolute Gasteiger partial charge is 0.252 e. The number of sulfonamides is 1. The normalized spacial score (nSPS) is 18.6. The molecule has 3 heterocycles. The summed E-state index contributed by atoms with van der Waals surface area (Å²) in [5, 5.41) is 4.84. The predicted molar refractivity (Wildman–Crippen MR) is 123 cm³/mol. The molecule has 0 spiro atoms. The number of carbonyl (C=O) groups is 1. The molecule has 0 radical (unpaired) electrons. The molecule has 2 aromatic rings. The molecule has 1 amide bonds. The van der Waals surface area contributed by atoms with Crippen molar-refractivity contribution < 1.29 is 13.2 Å². The highest BCUT2D eigenvalue weighted by atomic mass is 32.2. The lowest BCUT2D eigenvalue weighted by molar-refractivity contribution is -0.122. The Morgan fingerprint density at radius 1 is 1.06 bits per heavy atom. The quantitative estimate of drug-likeness (QED) is 0.614. The summed E-state index contributed by atoms with van der Waals surface area (Å²) in [7, 11) is -3.37. The number of carbonyl (C=O) groups excluding carboxylic acids is 1. The van der Waals surface area contributed by atoms with Gasteiger partial charge in [-0.15, -0.1) is 11.3 Å². The number of nitrogens with zero attached hydrogens (tertiary/aromatic N) is 2. The number of rotatable bonds is 8. The summed E-state index contributed by atoms with van der Waals surface area (Å²) in [6.45, 7) is 4.76. The van der Waals surface area contributed by atoms with Gasteiger partial charge in [-0.2, -0.15) is 4.31 Å². The molecular weight excluding hydrogens is 430 g/mol. The second-order valence-electron chi connectivity index (χ2n) is 8.48. The SMILES string of the molecule is O=C(CC1CCN(S(=O)(=O)c2cccs2)CC1)NCCCN1CCc2ccccc2C1. The number of fused-ring (bicyclic) bond motifs is 1. The average molecular weight is 462 g/mol. The maximum atomic E-state index is 12.6. The van der Waals surface area contributed by atoms with Crippen LogP contribution >= 0.6 is 11.3 Å². The van der Waals surface area contributed by atoms with Crippen molar-refractivity contribution in [3.8, 4) is 0 Å². The van der Waals surface area contributed by atoms with Gasteiger partial charge >= 0.3 is 0 Å². The Hall–Kier alpha value is -1.74. The van der Waals surface area contributed by atoms with Crippen LogP contribution in [0.4, 0.5) is 0 Å². The molecular formula is C23H31N3O3S2. The molecule has 1 aromatic carbocycles. The first-order valence-electron chi connectivity index (χ1n) is 11.1.